The van der Waals surface area contributed by atoms with Gasteiger partial charge in [-0.05, 0) is 36.4 Å². The Morgan fingerprint density at radius 3 is 2.54 bits per heavy atom. The molecule has 0 radical (unpaired) electrons. The van der Waals surface area contributed by atoms with Crippen LogP contribution in [0.5, 0.6) is 11.5 Å². The minimum atomic E-state index is -1.04. The third kappa shape index (κ3) is 2.86. The molecule has 1 aromatic heterocycles. The van der Waals surface area contributed by atoms with Crippen molar-refractivity contribution < 1.29 is 19.4 Å². The maximum absolute atomic E-state index is 11.6. The molecular formula is C18H14ClNO4. The van der Waals surface area contributed by atoms with E-state index in [9.17, 15) is 9.90 Å². The Kier molecular flexibility index (Phi) is 4.27. The van der Waals surface area contributed by atoms with Gasteiger partial charge in [-0.25, -0.2) is 9.78 Å². The number of rotatable bonds is 4. The van der Waals surface area contributed by atoms with E-state index in [0.29, 0.717) is 38.7 Å². The highest BCUT2D eigenvalue weighted by atomic mass is 35.5. The third-order valence-electron chi connectivity index (χ3n) is 3.69. The second-order valence-corrected chi connectivity index (χ2v) is 5.52. The fourth-order valence-corrected chi connectivity index (χ4v) is 2.70. The van der Waals surface area contributed by atoms with Gasteiger partial charge >= 0.3 is 5.97 Å². The Morgan fingerprint density at radius 1 is 1.08 bits per heavy atom. The van der Waals surface area contributed by atoms with Crippen molar-refractivity contribution >= 4 is 28.5 Å². The molecule has 24 heavy (non-hydrogen) atoms. The molecule has 0 saturated heterocycles. The quantitative estimate of drug-likeness (QED) is 0.766. The number of carbonyl (C=O) groups is 1. The Bertz CT molecular complexity index is 940. The van der Waals surface area contributed by atoms with E-state index in [-0.39, 0.29) is 5.56 Å². The number of pyridine rings is 1. The fourth-order valence-electron chi connectivity index (χ4n) is 2.52. The lowest BCUT2D eigenvalue weighted by atomic mass is 10.0. The van der Waals surface area contributed by atoms with Crippen molar-refractivity contribution in [3.05, 3.63) is 53.1 Å². The molecule has 3 aromatic rings. The van der Waals surface area contributed by atoms with Crippen molar-refractivity contribution in [1.82, 2.24) is 4.98 Å². The van der Waals surface area contributed by atoms with Gasteiger partial charge in [-0.3, -0.25) is 0 Å². The minimum Gasteiger partial charge on any atom is -0.497 e. The van der Waals surface area contributed by atoms with Crippen LogP contribution in [0.15, 0.2) is 42.5 Å². The van der Waals surface area contributed by atoms with Crippen LogP contribution >= 0.6 is 11.6 Å². The van der Waals surface area contributed by atoms with Crippen molar-refractivity contribution in [2.75, 3.05) is 14.2 Å². The van der Waals surface area contributed by atoms with E-state index in [0.717, 1.165) is 0 Å². The molecule has 0 unspecified atom stereocenters. The van der Waals surface area contributed by atoms with Crippen LogP contribution in [0.3, 0.4) is 0 Å². The van der Waals surface area contributed by atoms with Gasteiger partial charge in [0.05, 0.1) is 31.0 Å². The maximum Gasteiger partial charge on any atom is 0.336 e. The summed E-state index contributed by atoms with van der Waals surface area (Å²) < 4.78 is 10.6. The molecule has 6 heteroatoms. The van der Waals surface area contributed by atoms with Crippen LogP contribution in [0.1, 0.15) is 10.4 Å². The maximum atomic E-state index is 11.6. The number of nitrogens with zero attached hydrogens (tertiary/aromatic N) is 1. The first-order valence-electron chi connectivity index (χ1n) is 7.09. The van der Waals surface area contributed by atoms with Crippen LogP contribution in [-0.4, -0.2) is 30.3 Å². The van der Waals surface area contributed by atoms with Gasteiger partial charge in [-0.15, -0.1) is 0 Å². The lowest BCUT2D eigenvalue weighted by Gasteiger charge is -2.12. The van der Waals surface area contributed by atoms with Crippen LogP contribution < -0.4 is 9.47 Å². The van der Waals surface area contributed by atoms with E-state index in [1.165, 1.54) is 13.2 Å². The Hall–Kier alpha value is -2.79. The molecule has 0 amide bonds. The summed E-state index contributed by atoms with van der Waals surface area (Å²) in [5.41, 5.74) is 1.86. The molecule has 122 valence electrons. The number of carboxylic acid groups (broad SMARTS) is 1. The van der Waals surface area contributed by atoms with Gasteiger partial charge in [0, 0.05) is 22.0 Å². The van der Waals surface area contributed by atoms with Crippen molar-refractivity contribution in [2.45, 2.75) is 0 Å². The highest BCUT2D eigenvalue weighted by Crippen LogP contribution is 2.34. The van der Waals surface area contributed by atoms with Crippen LogP contribution in [0.2, 0.25) is 5.02 Å². The second-order valence-electron chi connectivity index (χ2n) is 5.09. The number of hydrogen-bond acceptors (Lipinski definition) is 4. The fraction of sp³-hybridized carbons (Fsp3) is 0.111. The van der Waals surface area contributed by atoms with E-state index in [2.05, 4.69) is 4.98 Å². The zero-order valence-corrected chi connectivity index (χ0v) is 13.8. The first-order chi connectivity index (χ1) is 11.5. The van der Waals surface area contributed by atoms with Gasteiger partial charge in [0.25, 0.3) is 0 Å². The lowest BCUT2D eigenvalue weighted by Crippen LogP contribution is -2.01. The number of methoxy groups -OCH3 is 2. The molecule has 0 bridgehead atoms. The molecule has 0 spiro atoms. The number of benzene rings is 2. The SMILES string of the molecule is COc1ccc(-c2cc(C(=O)O)c3cc(Cl)ccc3n2)c(OC)c1. The molecule has 1 heterocycles. The molecule has 3 rings (SSSR count). The first-order valence-corrected chi connectivity index (χ1v) is 7.47. The van der Waals surface area contributed by atoms with Crippen LogP contribution in [0.4, 0.5) is 0 Å². The Balaban J connectivity index is 2.27. The summed E-state index contributed by atoms with van der Waals surface area (Å²) in [5, 5.41) is 10.5. The number of halogens is 1. The molecule has 1 N–H and O–H groups in total. The van der Waals surface area contributed by atoms with E-state index in [4.69, 9.17) is 21.1 Å². The van der Waals surface area contributed by atoms with Gasteiger partial charge in [-0.1, -0.05) is 11.6 Å². The summed E-state index contributed by atoms with van der Waals surface area (Å²) in [4.78, 5) is 16.2. The molecule has 0 aliphatic heterocycles. The van der Waals surface area contributed by atoms with Crippen molar-refractivity contribution in [3.8, 4) is 22.8 Å². The van der Waals surface area contributed by atoms with Crippen molar-refractivity contribution in [3.63, 3.8) is 0 Å². The van der Waals surface area contributed by atoms with Gasteiger partial charge in [0.15, 0.2) is 0 Å². The minimum absolute atomic E-state index is 0.135. The van der Waals surface area contributed by atoms with Crippen LogP contribution in [0, 0.1) is 0 Å². The molecule has 5 nitrogen and oxygen atoms in total. The van der Waals surface area contributed by atoms with Crippen molar-refractivity contribution in [2.24, 2.45) is 0 Å². The number of carboxylic acids is 1. The first kappa shape index (κ1) is 16.1. The second kappa shape index (κ2) is 6.37. The highest BCUT2D eigenvalue weighted by molar-refractivity contribution is 6.31. The molecule has 0 aliphatic carbocycles. The van der Waals surface area contributed by atoms with Crippen LogP contribution in [-0.2, 0) is 0 Å². The molecule has 0 saturated carbocycles. The van der Waals surface area contributed by atoms with E-state index in [1.54, 1.807) is 43.5 Å². The number of hydrogen-bond donors (Lipinski definition) is 1. The Labute approximate surface area is 143 Å². The predicted molar refractivity (Wildman–Crippen MR) is 92.3 cm³/mol. The molecular weight excluding hydrogens is 330 g/mol. The standard InChI is InChI=1S/C18H14ClNO4/c1-23-11-4-5-12(17(8-11)24-2)16-9-14(18(21)22)13-7-10(19)3-6-15(13)20-16/h3-9H,1-2H3,(H,21,22). The summed E-state index contributed by atoms with van der Waals surface area (Å²) >= 11 is 5.98. The van der Waals surface area contributed by atoms with E-state index in [1.807, 2.05) is 0 Å². The summed E-state index contributed by atoms with van der Waals surface area (Å²) in [7, 11) is 3.10. The molecule has 0 aliphatic rings. The average Bonchev–Trinajstić information content (AvgIpc) is 2.60. The van der Waals surface area contributed by atoms with Gasteiger partial charge < -0.3 is 14.6 Å². The van der Waals surface area contributed by atoms with Gasteiger partial charge in [0.2, 0.25) is 0 Å². The summed E-state index contributed by atoms with van der Waals surface area (Å²) in [6.45, 7) is 0. The summed E-state index contributed by atoms with van der Waals surface area (Å²) in [6.07, 6.45) is 0. The number of aromatic carboxylic acids is 1. The normalized spacial score (nSPS) is 10.6. The monoisotopic (exact) mass is 343 g/mol. The molecule has 2 aromatic carbocycles. The number of fused-ring (bicyclic) bond motifs is 1. The van der Waals surface area contributed by atoms with Crippen molar-refractivity contribution in [1.29, 1.82) is 0 Å². The lowest BCUT2D eigenvalue weighted by molar-refractivity contribution is 0.0699. The van der Waals surface area contributed by atoms with Crippen LogP contribution in [0.25, 0.3) is 22.2 Å². The van der Waals surface area contributed by atoms with Gasteiger partial charge in [-0.2, -0.15) is 0 Å². The van der Waals surface area contributed by atoms with E-state index < -0.39 is 5.97 Å². The average molecular weight is 344 g/mol. The number of aromatic nitrogens is 1. The molecule has 0 atom stereocenters. The Morgan fingerprint density at radius 2 is 1.88 bits per heavy atom. The topological polar surface area (TPSA) is 68.7 Å². The summed E-state index contributed by atoms with van der Waals surface area (Å²) in [6, 6.07) is 11.8. The largest absolute Gasteiger partial charge is 0.497 e. The zero-order valence-electron chi connectivity index (χ0n) is 13.0. The zero-order chi connectivity index (χ0) is 17.3. The van der Waals surface area contributed by atoms with E-state index >= 15 is 0 Å². The van der Waals surface area contributed by atoms with Gasteiger partial charge in [0.1, 0.15) is 11.5 Å². The third-order valence-corrected chi connectivity index (χ3v) is 3.92. The summed E-state index contributed by atoms with van der Waals surface area (Å²) in [5.74, 6) is 0.145. The number of ether oxygens (including phenoxy) is 2. The molecule has 0 fully saturated rings. The predicted octanol–water partition coefficient (Wildman–Crippen LogP) is 4.27. The smallest absolute Gasteiger partial charge is 0.336 e. The highest BCUT2D eigenvalue weighted by Gasteiger charge is 2.16.